The van der Waals surface area contributed by atoms with Gasteiger partial charge in [0.1, 0.15) is 17.3 Å². The molecule has 0 saturated carbocycles. The molecule has 6 nitrogen and oxygen atoms in total. The van der Waals surface area contributed by atoms with E-state index in [-0.39, 0.29) is 5.75 Å². The minimum absolute atomic E-state index is 0.0998. The van der Waals surface area contributed by atoms with E-state index in [0.29, 0.717) is 12.2 Å². The maximum atomic E-state index is 11.9. The van der Waals surface area contributed by atoms with Crippen LogP contribution in [-0.4, -0.2) is 19.2 Å². The lowest BCUT2D eigenvalue weighted by atomic mass is 10.3. The summed E-state index contributed by atoms with van der Waals surface area (Å²) < 4.78 is 32.1. The van der Waals surface area contributed by atoms with Crippen molar-refractivity contribution in [1.82, 2.24) is 4.98 Å². The second kappa shape index (κ2) is 9.23. The summed E-state index contributed by atoms with van der Waals surface area (Å²) in [5.74, 6) is 1.94. The number of sulfonamides is 1. The van der Waals surface area contributed by atoms with Crippen LogP contribution >= 0.6 is 0 Å². The number of ether oxygens (including phenoxy) is 1. The normalized spacial score (nSPS) is 11.0. The first-order chi connectivity index (χ1) is 13.5. The predicted octanol–water partition coefficient (Wildman–Crippen LogP) is 5.16. The van der Waals surface area contributed by atoms with Crippen LogP contribution in [-0.2, 0) is 10.0 Å². The van der Waals surface area contributed by atoms with Crippen LogP contribution in [0.1, 0.15) is 19.8 Å². The van der Waals surface area contributed by atoms with Gasteiger partial charge in [-0.15, -0.1) is 0 Å². The van der Waals surface area contributed by atoms with Gasteiger partial charge in [-0.1, -0.05) is 31.5 Å². The van der Waals surface area contributed by atoms with Crippen molar-refractivity contribution in [3.05, 3.63) is 72.9 Å². The Balaban J connectivity index is 1.58. The van der Waals surface area contributed by atoms with E-state index in [2.05, 4.69) is 15.0 Å². The third-order valence-corrected chi connectivity index (χ3v) is 5.26. The Kier molecular flexibility index (Phi) is 6.49. The SMILES string of the molecule is CCCCS(=O)(=O)Nc1ccc(Nc2ccc(Oc3ccccc3)cc2)cn1. The molecule has 28 heavy (non-hydrogen) atoms. The van der Waals surface area contributed by atoms with Gasteiger partial charge in [-0.2, -0.15) is 0 Å². The van der Waals surface area contributed by atoms with Gasteiger partial charge in [0.2, 0.25) is 10.0 Å². The molecule has 3 rings (SSSR count). The summed E-state index contributed by atoms with van der Waals surface area (Å²) in [4.78, 5) is 4.16. The molecule has 1 heterocycles. The zero-order valence-corrected chi connectivity index (χ0v) is 16.4. The highest BCUT2D eigenvalue weighted by Crippen LogP contribution is 2.24. The van der Waals surface area contributed by atoms with Gasteiger partial charge >= 0.3 is 0 Å². The fourth-order valence-corrected chi connectivity index (χ4v) is 3.68. The van der Waals surface area contributed by atoms with E-state index < -0.39 is 10.0 Å². The molecular formula is C21H23N3O3S. The van der Waals surface area contributed by atoms with E-state index in [9.17, 15) is 8.42 Å². The van der Waals surface area contributed by atoms with E-state index in [1.807, 2.05) is 61.5 Å². The first kappa shape index (κ1) is 19.7. The van der Waals surface area contributed by atoms with Crippen LogP contribution in [0.5, 0.6) is 11.5 Å². The third-order valence-electron chi connectivity index (χ3n) is 3.91. The summed E-state index contributed by atoms with van der Waals surface area (Å²) in [6, 6.07) is 20.5. The zero-order chi connectivity index (χ0) is 19.8. The molecule has 0 atom stereocenters. The number of unbranched alkanes of at least 4 members (excludes halogenated alkanes) is 1. The minimum atomic E-state index is -3.35. The number of hydrogen-bond donors (Lipinski definition) is 2. The fraction of sp³-hybridized carbons (Fsp3) is 0.190. The second-order valence-corrected chi connectivity index (χ2v) is 8.11. The Morgan fingerprint density at radius 3 is 2.21 bits per heavy atom. The molecule has 0 unspecified atom stereocenters. The van der Waals surface area contributed by atoms with Crippen molar-refractivity contribution in [1.29, 1.82) is 0 Å². The van der Waals surface area contributed by atoms with Gasteiger partial charge in [-0.05, 0) is 55.0 Å². The molecule has 0 saturated heterocycles. The van der Waals surface area contributed by atoms with Gasteiger partial charge in [0.05, 0.1) is 17.6 Å². The van der Waals surface area contributed by atoms with Gasteiger partial charge in [0.25, 0.3) is 0 Å². The number of nitrogens with zero attached hydrogens (tertiary/aromatic N) is 1. The van der Waals surface area contributed by atoms with Crippen LogP contribution in [0.25, 0.3) is 0 Å². The van der Waals surface area contributed by atoms with E-state index >= 15 is 0 Å². The summed E-state index contributed by atoms with van der Waals surface area (Å²) in [7, 11) is -3.35. The number of para-hydroxylation sites is 1. The van der Waals surface area contributed by atoms with E-state index in [0.717, 1.165) is 29.3 Å². The summed E-state index contributed by atoms with van der Waals surface area (Å²) >= 11 is 0. The van der Waals surface area contributed by atoms with Crippen molar-refractivity contribution in [3.63, 3.8) is 0 Å². The Bertz CT molecular complexity index is 974. The lowest BCUT2D eigenvalue weighted by Crippen LogP contribution is -2.17. The Morgan fingerprint density at radius 1 is 0.893 bits per heavy atom. The monoisotopic (exact) mass is 397 g/mol. The van der Waals surface area contributed by atoms with Crippen LogP contribution in [0.3, 0.4) is 0 Å². The number of rotatable bonds is 9. The van der Waals surface area contributed by atoms with Crippen LogP contribution in [0.15, 0.2) is 72.9 Å². The fourth-order valence-electron chi connectivity index (χ4n) is 2.47. The predicted molar refractivity (Wildman–Crippen MR) is 113 cm³/mol. The van der Waals surface area contributed by atoms with E-state index in [1.165, 1.54) is 0 Å². The molecular weight excluding hydrogens is 374 g/mol. The molecule has 7 heteroatoms. The number of hydrogen-bond acceptors (Lipinski definition) is 5. The highest BCUT2D eigenvalue weighted by atomic mass is 32.2. The average molecular weight is 398 g/mol. The topological polar surface area (TPSA) is 80.3 Å². The van der Waals surface area contributed by atoms with Gasteiger partial charge < -0.3 is 10.1 Å². The summed E-state index contributed by atoms with van der Waals surface area (Å²) in [5.41, 5.74) is 1.63. The summed E-state index contributed by atoms with van der Waals surface area (Å²) in [6.07, 6.45) is 3.04. The Morgan fingerprint density at radius 2 is 1.57 bits per heavy atom. The maximum Gasteiger partial charge on any atom is 0.233 e. The molecule has 0 bridgehead atoms. The van der Waals surface area contributed by atoms with Crippen molar-refractivity contribution in [2.24, 2.45) is 0 Å². The highest BCUT2D eigenvalue weighted by molar-refractivity contribution is 7.92. The largest absolute Gasteiger partial charge is 0.457 e. The number of nitrogens with one attached hydrogen (secondary N) is 2. The van der Waals surface area contributed by atoms with E-state index in [4.69, 9.17) is 4.74 Å². The van der Waals surface area contributed by atoms with E-state index in [1.54, 1.807) is 18.3 Å². The zero-order valence-electron chi connectivity index (χ0n) is 15.6. The number of aromatic nitrogens is 1. The second-order valence-electron chi connectivity index (χ2n) is 6.27. The third kappa shape index (κ3) is 5.99. The molecule has 0 radical (unpaired) electrons. The summed E-state index contributed by atoms with van der Waals surface area (Å²) in [6.45, 7) is 1.95. The van der Waals surface area contributed by atoms with Crippen molar-refractivity contribution < 1.29 is 13.2 Å². The molecule has 0 aliphatic carbocycles. The van der Waals surface area contributed by atoms with Crippen LogP contribution in [0.2, 0.25) is 0 Å². The van der Waals surface area contributed by atoms with Gasteiger partial charge in [-0.25, -0.2) is 13.4 Å². The number of benzene rings is 2. The smallest absolute Gasteiger partial charge is 0.233 e. The van der Waals surface area contributed by atoms with Crippen LogP contribution in [0.4, 0.5) is 17.2 Å². The minimum Gasteiger partial charge on any atom is -0.457 e. The van der Waals surface area contributed by atoms with Gasteiger partial charge in [0.15, 0.2) is 0 Å². The first-order valence-electron chi connectivity index (χ1n) is 9.10. The van der Waals surface area contributed by atoms with Gasteiger partial charge in [-0.3, -0.25) is 4.72 Å². The highest BCUT2D eigenvalue weighted by Gasteiger charge is 2.10. The van der Waals surface area contributed by atoms with Crippen molar-refractivity contribution >= 4 is 27.2 Å². The molecule has 0 aliphatic heterocycles. The van der Waals surface area contributed by atoms with Crippen molar-refractivity contribution in [2.45, 2.75) is 19.8 Å². The molecule has 0 fully saturated rings. The summed E-state index contributed by atoms with van der Waals surface area (Å²) in [5, 5.41) is 3.22. The molecule has 0 aliphatic rings. The lowest BCUT2D eigenvalue weighted by Gasteiger charge is -2.10. The lowest BCUT2D eigenvalue weighted by molar-refractivity contribution is 0.483. The molecule has 1 aromatic heterocycles. The maximum absolute atomic E-state index is 11.9. The average Bonchev–Trinajstić information content (AvgIpc) is 2.70. The Labute approximate surface area is 165 Å². The number of pyridine rings is 1. The quantitative estimate of drug-likeness (QED) is 0.521. The standard InChI is InChI=1S/C21H23N3O3S/c1-2-3-15-28(25,26)24-21-14-11-18(16-22-21)23-17-9-12-20(13-10-17)27-19-7-5-4-6-8-19/h4-14,16,23H,2-3,15H2,1H3,(H,22,24). The molecule has 0 spiro atoms. The molecule has 146 valence electrons. The first-order valence-corrected chi connectivity index (χ1v) is 10.8. The number of anilines is 3. The van der Waals surface area contributed by atoms with Crippen LogP contribution < -0.4 is 14.8 Å². The van der Waals surface area contributed by atoms with Crippen molar-refractivity contribution in [3.8, 4) is 11.5 Å². The molecule has 2 aromatic carbocycles. The van der Waals surface area contributed by atoms with Crippen molar-refractivity contribution in [2.75, 3.05) is 15.8 Å². The molecule has 0 amide bonds. The molecule has 3 aromatic rings. The van der Waals surface area contributed by atoms with Gasteiger partial charge in [0, 0.05) is 5.69 Å². The Hall–Kier alpha value is -3.06. The molecule has 2 N–H and O–H groups in total. The van der Waals surface area contributed by atoms with Crippen LogP contribution in [0, 0.1) is 0 Å².